The Morgan fingerprint density at radius 3 is 2.35 bits per heavy atom. The third-order valence-electron chi connectivity index (χ3n) is 8.35. The number of aliphatic hydroxyl groups excluding tert-OH is 1. The standard InChI is InChI=1S/C27H40FN5O3S/c1-25(2,16-34)20(17-9-11-18(28)12-10-17)29-24(36)33-15-19-21(26(33,3)4)31-32-22(19)30-23(35)27(13-8-14-27)37(5,6)7/h9-12,20,34H,8,13-16H2,1-7H3,(H,29,36)(H2,30,31,32,35). The predicted octanol–water partition coefficient (Wildman–Crippen LogP) is 4.62. The molecule has 37 heavy (non-hydrogen) atoms. The van der Waals surface area contributed by atoms with Gasteiger partial charge in [-0.3, -0.25) is 9.89 Å². The van der Waals surface area contributed by atoms with Gasteiger partial charge in [-0.15, -0.1) is 0 Å². The number of aliphatic hydroxyl groups is 1. The summed E-state index contributed by atoms with van der Waals surface area (Å²) in [5.41, 5.74) is 0.873. The minimum absolute atomic E-state index is 0.0114. The van der Waals surface area contributed by atoms with Gasteiger partial charge in [-0.05, 0) is 69.6 Å². The van der Waals surface area contributed by atoms with Crippen molar-refractivity contribution in [2.45, 2.75) is 69.8 Å². The first-order valence-corrected chi connectivity index (χ1v) is 15.5. The number of carbonyl (C=O) groups is 2. The molecule has 2 aliphatic rings. The largest absolute Gasteiger partial charge is 0.396 e. The fourth-order valence-electron chi connectivity index (χ4n) is 5.46. The van der Waals surface area contributed by atoms with Crippen molar-refractivity contribution in [3.05, 3.63) is 46.9 Å². The molecule has 0 saturated heterocycles. The maximum Gasteiger partial charge on any atom is 0.318 e. The normalized spacial score (nSPS) is 19.5. The van der Waals surface area contributed by atoms with Crippen LogP contribution >= 0.6 is 10.0 Å². The molecule has 4 N–H and O–H groups in total. The number of hydrogen-bond donors (Lipinski definition) is 4. The maximum atomic E-state index is 13.7. The molecular formula is C27H40FN5O3S. The molecule has 1 unspecified atom stereocenters. The highest BCUT2D eigenvalue weighted by atomic mass is 32.3. The molecule has 1 aliphatic heterocycles. The third kappa shape index (κ3) is 4.63. The van der Waals surface area contributed by atoms with Crippen molar-refractivity contribution in [3.63, 3.8) is 0 Å². The number of hydrogen-bond acceptors (Lipinski definition) is 4. The SMILES string of the molecule is CC(C)(CO)C(NC(=O)N1Cc2c(NC(=O)C3(S(C)(C)C)CCC3)n[nH]c2C1(C)C)c1ccc(F)cc1. The summed E-state index contributed by atoms with van der Waals surface area (Å²) >= 11 is 0. The Morgan fingerprint density at radius 2 is 1.84 bits per heavy atom. The predicted molar refractivity (Wildman–Crippen MR) is 146 cm³/mol. The number of carbonyl (C=O) groups excluding carboxylic acids is 2. The molecule has 204 valence electrons. The zero-order chi connectivity index (χ0) is 27.4. The van der Waals surface area contributed by atoms with Crippen LogP contribution in [0, 0.1) is 11.2 Å². The molecule has 0 radical (unpaired) electrons. The van der Waals surface area contributed by atoms with E-state index in [2.05, 4.69) is 39.6 Å². The topological polar surface area (TPSA) is 110 Å². The van der Waals surface area contributed by atoms with Crippen LogP contribution in [0.5, 0.6) is 0 Å². The van der Waals surface area contributed by atoms with E-state index in [1.807, 2.05) is 27.7 Å². The number of amides is 3. The van der Waals surface area contributed by atoms with Crippen molar-refractivity contribution < 1.29 is 19.1 Å². The second-order valence-electron chi connectivity index (χ2n) is 12.3. The number of aromatic amines is 1. The number of benzene rings is 1. The molecule has 8 nitrogen and oxygen atoms in total. The Hall–Kier alpha value is -2.59. The van der Waals surface area contributed by atoms with E-state index in [-0.39, 0.29) is 35.7 Å². The lowest BCUT2D eigenvalue weighted by Gasteiger charge is -2.53. The Balaban J connectivity index is 1.57. The van der Waals surface area contributed by atoms with Crippen LogP contribution in [0.1, 0.15) is 69.8 Å². The van der Waals surface area contributed by atoms with Gasteiger partial charge in [0.2, 0.25) is 5.91 Å². The lowest BCUT2D eigenvalue weighted by molar-refractivity contribution is -0.120. The zero-order valence-corrected chi connectivity index (χ0v) is 23.7. The summed E-state index contributed by atoms with van der Waals surface area (Å²) in [6.45, 7) is 7.66. The molecule has 1 saturated carbocycles. The second-order valence-corrected chi connectivity index (χ2v) is 16.7. The Morgan fingerprint density at radius 1 is 1.22 bits per heavy atom. The molecule has 0 spiro atoms. The van der Waals surface area contributed by atoms with Crippen molar-refractivity contribution >= 4 is 27.8 Å². The van der Waals surface area contributed by atoms with E-state index in [1.165, 1.54) is 12.1 Å². The number of nitrogens with zero attached hydrogens (tertiary/aromatic N) is 2. The van der Waals surface area contributed by atoms with E-state index in [1.54, 1.807) is 17.0 Å². The lowest BCUT2D eigenvalue weighted by Crippen LogP contribution is -2.51. The molecule has 3 amide bonds. The number of fused-ring (bicyclic) bond motifs is 1. The van der Waals surface area contributed by atoms with Gasteiger partial charge in [0.15, 0.2) is 5.82 Å². The van der Waals surface area contributed by atoms with Crippen molar-refractivity contribution in [3.8, 4) is 0 Å². The number of rotatable bonds is 7. The van der Waals surface area contributed by atoms with Gasteiger partial charge in [-0.1, -0.05) is 26.0 Å². The quantitative estimate of drug-likeness (QED) is 0.416. The van der Waals surface area contributed by atoms with Gasteiger partial charge in [0, 0.05) is 11.0 Å². The van der Waals surface area contributed by atoms with E-state index in [9.17, 15) is 19.1 Å². The monoisotopic (exact) mass is 533 g/mol. The van der Waals surface area contributed by atoms with Crippen molar-refractivity contribution in [1.82, 2.24) is 20.4 Å². The zero-order valence-electron chi connectivity index (χ0n) is 22.9. The summed E-state index contributed by atoms with van der Waals surface area (Å²) in [4.78, 5) is 28.8. The van der Waals surface area contributed by atoms with E-state index in [4.69, 9.17) is 0 Å². The Bertz CT molecular complexity index is 1180. The number of aromatic nitrogens is 2. The number of halogens is 1. The van der Waals surface area contributed by atoms with Crippen molar-refractivity contribution in [1.29, 1.82) is 0 Å². The minimum Gasteiger partial charge on any atom is -0.396 e. The van der Waals surface area contributed by atoms with E-state index in [0.717, 1.165) is 30.5 Å². The molecule has 1 aromatic carbocycles. The van der Waals surface area contributed by atoms with Crippen LogP contribution in [0.15, 0.2) is 24.3 Å². The van der Waals surface area contributed by atoms with Gasteiger partial charge in [-0.2, -0.15) is 5.10 Å². The number of H-pyrrole nitrogens is 1. The summed E-state index contributed by atoms with van der Waals surface area (Å²) in [6.07, 6.45) is 9.37. The summed E-state index contributed by atoms with van der Waals surface area (Å²) in [7, 11) is -1.12. The highest BCUT2D eigenvalue weighted by Crippen LogP contribution is 2.60. The van der Waals surface area contributed by atoms with Crippen molar-refractivity contribution in [2.24, 2.45) is 5.41 Å². The highest BCUT2D eigenvalue weighted by molar-refractivity contribution is 8.33. The Kier molecular flexibility index (Phi) is 6.90. The van der Waals surface area contributed by atoms with Crippen LogP contribution in [0.3, 0.4) is 0 Å². The number of anilines is 1. The van der Waals surface area contributed by atoms with Crippen LogP contribution < -0.4 is 10.6 Å². The first-order chi connectivity index (χ1) is 17.1. The first kappa shape index (κ1) is 27.4. The van der Waals surface area contributed by atoms with E-state index < -0.39 is 27.0 Å². The molecular weight excluding hydrogens is 493 g/mol. The number of urea groups is 1. The number of nitrogens with one attached hydrogen (secondary N) is 3. The lowest BCUT2D eigenvalue weighted by atomic mass is 9.81. The molecule has 1 aliphatic carbocycles. The van der Waals surface area contributed by atoms with Crippen LogP contribution in [-0.4, -0.2) is 62.3 Å². The molecule has 1 atom stereocenters. The van der Waals surface area contributed by atoms with Gasteiger partial charge in [0.1, 0.15) is 5.82 Å². The average Bonchev–Trinajstić information content (AvgIpc) is 3.28. The minimum atomic E-state index is -1.12. The molecule has 2 aromatic rings. The van der Waals surface area contributed by atoms with Gasteiger partial charge >= 0.3 is 6.03 Å². The molecule has 2 heterocycles. The maximum absolute atomic E-state index is 13.7. The summed E-state index contributed by atoms with van der Waals surface area (Å²) in [5.74, 6) is 0.120. The molecule has 1 fully saturated rings. The van der Waals surface area contributed by atoms with Crippen molar-refractivity contribution in [2.75, 3.05) is 30.7 Å². The van der Waals surface area contributed by atoms with E-state index >= 15 is 0 Å². The first-order valence-electron chi connectivity index (χ1n) is 12.7. The fraction of sp³-hybridized carbons (Fsp3) is 0.593. The van der Waals surface area contributed by atoms with Crippen LogP contribution in [0.2, 0.25) is 0 Å². The van der Waals surface area contributed by atoms with Gasteiger partial charge in [0.05, 0.1) is 35.2 Å². The fourth-order valence-corrected chi connectivity index (χ4v) is 7.58. The summed E-state index contributed by atoms with van der Waals surface area (Å²) < 4.78 is 13.2. The molecule has 0 bridgehead atoms. The van der Waals surface area contributed by atoms with Gasteiger partial charge < -0.3 is 20.6 Å². The van der Waals surface area contributed by atoms with Gasteiger partial charge in [0.25, 0.3) is 0 Å². The molecule has 1 aromatic heterocycles. The summed E-state index contributed by atoms with van der Waals surface area (Å²) in [6, 6.07) is 5.08. The Labute approximate surface area is 220 Å². The second kappa shape index (κ2) is 9.31. The van der Waals surface area contributed by atoms with Crippen LogP contribution in [0.4, 0.5) is 15.0 Å². The third-order valence-corrected chi connectivity index (χ3v) is 11.3. The molecule has 10 heteroatoms. The molecule has 4 rings (SSSR count). The summed E-state index contributed by atoms with van der Waals surface area (Å²) in [5, 5.41) is 23.7. The van der Waals surface area contributed by atoms with Gasteiger partial charge in [-0.25, -0.2) is 19.2 Å². The van der Waals surface area contributed by atoms with Crippen LogP contribution in [0.25, 0.3) is 0 Å². The van der Waals surface area contributed by atoms with E-state index in [0.29, 0.717) is 11.4 Å². The highest BCUT2D eigenvalue weighted by Gasteiger charge is 2.51. The smallest absolute Gasteiger partial charge is 0.318 e. The average molecular weight is 534 g/mol. The van der Waals surface area contributed by atoms with Crippen LogP contribution in [-0.2, 0) is 16.9 Å².